The highest BCUT2D eigenvalue weighted by Gasteiger charge is 2.03. The zero-order valence-corrected chi connectivity index (χ0v) is 33.2. The minimum atomic E-state index is 0.0141. The first-order valence-electron chi connectivity index (χ1n) is 22.3. The van der Waals surface area contributed by atoms with Crippen LogP contribution in [0, 0.1) is 0 Å². The maximum atomic E-state index is 12.0. The quantitative estimate of drug-likeness (QED) is 0.0367. The van der Waals surface area contributed by atoms with Crippen molar-refractivity contribution in [3.05, 3.63) is 24.3 Å². The van der Waals surface area contributed by atoms with Crippen LogP contribution in [-0.4, -0.2) is 12.6 Å². The predicted molar refractivity (Wildman–Crippen MR) is 216 cm³/mol. The van der Waals surface area contributed by atoms with Crippen LogP contribution < -0.4 is 0 Å². The molecule has 0 N–H and O–H groups in total. The van der Waals surface area contributed by atoms with Crippen molar-refractivity contribution in [3.63, 3.8) is 0 Å². The highest BCUT2D eigenvalue weighted by atomic mass is 16.5. The standard InChI is InChI=1S/C46H88O2/c1-3-5-7-9-11-13-15-17-19-20-21-22-23-24-25-26-27-28-29-31-33-35-37-39-41-43-45-48-46(47)44-42-40-38-36-34-32-30-18-16-14-12-10-8-6-4-2/h12,14,18,30H,3-11,13,15-17,19-29,31-45H2,1-2H3/b14-12-,30-18-. The van der Waals surface area contributed by atoms with Gasteiger partial charge < -0.3 is 4.74 Å². The molecular formula is C46H88O2. The summed E-state index contributed by atoms with van der Waals surface area (Å²) in [5.74, 6) is 0.0141. The maximum Gasteiger partial charge on any atom is 0.305 e. The molecule has 0 bridgehead atoms. The average molecular weight is 673 g/mol. The molecule has 0 spiro atoms. The Kier molecular flexibility index (Phi) is 43.0. The van der Waals surface area contributed by atoms with Gasteiger partial charge in [-0.3, -0.25) is 4.79 Å². The van der Waals surface area contributed by atoms with Gasteiger partial charge in [-0.05, 0) is 44.9 Å². The summed E-state index contributed by atoms with van der Waals surface area (Å²) in [5.41, 5.74) is 0. The molecular weight excluding hydrogens is 585 g/mol. The zero-order valence-electron chi connectivity index (χ0n) is 33.2. The smallest absolute Gasteiger partial charge is 0.305 e. The molecule has 48 heavy (non-hydrogen) atoms. The first-order valence-corrected chi connectivity index (χ1v) is 22.3. The van der Waals surface area contributed by atoms with Crippen molar-refractivity contribution in [1.29, 1.82) is 0 Å². The first kappa shape index (κ1) is 47.0. The molecule has 0 aliphatic rings. The second-order valence-corrected chi connectivity index (χ2v) is 15.0. The molecule has 0 heterocycles. The number of rotatable bonds is 41. The van der Waals surface area contributed by atoms with Gasteiger partial charge in [-0.15, -0.1) is 0 Å². The van der Waals surface area contributed by atoms with E-state index < -0.39 is 0 Å². The fourth-order valence-electron chi connectivity index (χ4n) is 6.76. The lowest BCUT2D eigenvalue weighted by molar-refractivity contribution is -0.143. The van der Waals surface area contributed by atoms with Gasteiger partial charge in [0.2, 0.25) is 0 Å². The highest BCUT2D eigenvalue weighted by Crippen LogP contribution is 2.16. The molecule has 2 heteroatoms. The Morgan fingerprint density at radius 2 is 0.646 bits per heavy atom. The molecule has 0 aromatic rings. The Hall–Kier alpha value is -1.05. The SMILES string of the molecule is CCCCC/C=C\C/C=C\CCCCCCCC(=O)OCCCCCCCCCCCCCCCCCCCCCCCCCCCC. The molecule has 0 fully saturated rings. The summed E-state index contributed by atoms with van der Waals surface area (Å²) in [6.07, 6.45) is 60.0. The minimum Gasteiger partial charge on any atom is -0.466 e. The summed E-state index contributed by atoms with van der Waals surface area (Å²) >= 11 is 0. The molecule has 0 radical (unpaired) electrons. The lowest BCUT2D eigenvalue weighted by atomic mass is 10.0. The normalized spacial score (nSPS) is 11.8. The summed E-state index contributed by atoms with van der Waals surface area (Å²) in [7, 11) is 0. The van der Waals surface area contributed by atoms with Crippen molar-refractivity contribution in [2.45, 2.75) is 258 Å². The molecule has 0 atom stereocenters. The Morgan fingerprint density at radius 3 is 1.04 bits per heavy atom. The molecule has 284 valence electrons. The Labute approximate surface area is 303 Å². The van der Waals surface area contributed by atoms with E-state index in [9.17, 15) is 4.79 Å². The van der Waals surface area contributed by atoms with Gasteiger partial charge in [0, 0.05) is 6.42 Å². The third-order valence-electron chi connectivity index (χ3n) is 10.1. The van der Waals surface area contributed by atoms with E-state index >= 15 is 0 Å². The number of unbranched alkanes of at least 4 members (excludes halogenated alkanes) is 33. The molecule has 0 aliphatic carbocycles. The molecule has 0 aromatic heterocycles. The second-order valence-electron chi connectivity index (χ2n) is 15.0. The third-order valence-corrected chi connectivity index (χ3v) is 10.1. The summed E-state index contributed by atoms with van der Waals surface area (Å²) in [5, 5.41) is 0. The zero-order chi connectivity index (χ0) is 34.7. The van der Waals surface area contributed by atoms with Gasteiger partial charge in [0.05, 0.1) is 6.61 Å². The lowest BCUT2D eigenvalue weighted by Crippen LogP contribution is -2.05. The Bertz CT molecular complexity index is 650. The van der Waals surface area contributed by atoms with Crippen molar-refractivity contribution >= 4 is 5.97 Å². The number of carbonyl (C=O) groups is 1. The van der Waals surface area contributed by atoms with Crippen LogP contribution in [0.15, 0.2) is 24.3 Å². The predicted octanol–water partition coefficient (Wildman–Crippen LogP) is 16.5. The summed E-state index contributed by atoms with van der Waals surface area (Å²) in [6, 6.07) is 0. The van der Waals surface area contributed by atoms with Gasteiger partial charge in [0.15, 0.2) is 0 Å². The number of allylic oxidation sites excluding steroid dienone is 4. The maximum absolute atomic E-state index is 12.0. The Morgan fingerprint density at radius 1 is 0.354 bits per heavy atom. The molecule has 0 rings (SSSR count). The second kappa shape index (κ2) is 44.0. The number of hydrogen-bond acceptors (Lipinski definition) is 2. The van der Waals surface area contributed by atoms with Crippen LogP contribution in [0.4, 0.5) is 0 Å². The van der Waals surface area contributed by atoms with Gasteiger partial charge in [0.25, 0.3) is 0 Å². The van der Waals surface area contributed by atoms with Gasteiger partial charge in [-0.25, -0.2) is 0 Å². The number of esters is 1. The van der Waals surface area contributed by atoms with E-state index in [4.69, 9.17) is 4.74 Å². The molecule has 0 saturated heterocycles. The molecule has 0 unspecified atom stereocenters. The molecule has 0 amide bonds. The van der Waals surface area contributed by atoms with E-state index in [0.29, 0.717) is 13.0 Å². The van der Waals surface area contributed by atoms with Crippen LogP contribution in [0.2, 0.25) is 0 Å². The lowest BCUT2D eigenvalue weighted by Gasteiger charge is -2.06. The van der Waals surface area contributed by atoms with Crippen molar-refractivity contribution in [2.24, 2.45) is 0 Å². The van der Waals surface area contributed by atoms with Gasteiger partial charge >= 0.3 is 5.97 Å². The van der Waals surface area contributed by atoms with Crippen LogP contribution in [-0.2, 0) is 9.53 Å². The number of ether oxygens (including phenoxy) is 1. The average Bonchev–Trinajstić information content (AvgIpc) is 3.09. The van der Waals surface area contributed by atoms with Crippen molar-refractivity contribution < 1.29 is 9.53 Å². The third kappa shape index (κ3) is 43.0. The van der Waals surface area contributed by atoms with Crippen LogP contribution >= 0.6 is 0 Å². The largest absolute Gasteiger partial charge is 0.466 e. The molecule has 0 aliphatic heterocycles. The monoisotopic (exact) mass is 673 g/mol. The van der Waals surface area contributed by atoms with E-state index in [1.165, 1.54) is 212 Å². The Balaban J connectivity index is 3.18. The van der Waals surface area contributed by atoms with E-state index in [2.05, 4.69) is 38.2 Å². The minimum absolute atomic E-state index is 0.0141. The fraction of sp³-hybridized carbons (Fsp3) is 0.891. The van der Waals surface area contributed by atoms with Gasteiger partial charge in [0.1, 0.15) is 0 Å². The van der Waals surface area contributed by atoms with Crippen molar-refractivity contribution in [3.8, 4) is 0 Å². The topological polar surface area (TPSA) is 26.3 Å². The number of carbonyl (C=O) groups excluding carboxylic acids is 1. The first-order chi connectivity index (χ1) is 23.8. The van der Waals surface area contributed by atoms with Crippen LogP contribution in [0.5, 0.6) is 0 Å². The van der Waals surface area contributed by atoms with Gasteiger partial charge in [-0.1, -0.05) is 231 Å². The molecule has 0 aromatic carbocycles. The van der Waals surface area contributed by atoms with Crippen molar-refractivity contribution in [2.75, 3.05) is 6.61 Å². The summed E-state index contributed by atoms with van der Waals surface area (Å²) in [6.45, 7) is 5.18. The van der Waals surface area contributed by atoms with E-state index in [1.54, 1.807) is 0 Å². The summed E-state index contributed by atoms with van der Waals surface area (Å²) < 4.78 is 5.46. The molecule has 0 saturated carbocycles. The summed E-state index contributed by atoms with van der Waals surface area (Å²) in [4.78, 5) is 12.0. The van der Waals surface area contributed by atoms with Crippen molar-refractivity contribution in [1.82, 2.24) is 0 Å². The van der Waals surface area contributed by atoms with E-state index in [-0.39, 0.29) is 5.97 Å². The van der Waals surface area contributed by atoms with E-state index in [1.807, 2.05) is 0 Å². The van der Waals surface area contributed by atoms with Gasteiger partial charge in [-0.2, -0.15) is 0 Å². The van der Waals surface area contributed by atoms with Crippen LogP contribution in [0.25, 0.3) is 0 Å². The molecule has 2 nitrogen and oxygen atoms in total. The number of hydrogen-bond donors (Lipinski definition) is 0. The van der Waals surface area contributed by atoms with Crippen LogP contribution in [0.1, 0.15) is 258 Å². The van der Waals surface area contributed by atoms with E-state index in [0.717, 1.165) is 25.7 Å². The van der Waals surface area contributed by atoms with Crippen LogP contribution in [0.3, 0.4) is 0 Å². The fourth-order valence-corrected chi connectivity index (χ4v) is 6.76. The highest BCUT2D eigenvalue weighted by molar-refractivity contribution is 5.69.